The van der Waals surface area contributed by atoms with E-state index in [4.69, 9.17) is 5.11 Å². The van der Waals surface area contributed by atoms with Crippen molar-refractivity contribution in [3.63, 3.8) is 0 Å². The van der Waals surface area contributed by atoms with Gasteiger partial charge in [0.2, 0.25) is 0 Å². The fourth-order valence-corrected chi connectivity index (χ4v) is 1.72. The Kier molecular flexibility index (Phi) is 4.83. The Morgan fingerprint density at radius 2 is 2.35 bits per heavy atom. The molecule has 0 aromatic carbocycles. The Balaban J connectivity index is 2.82. The first-order valence-electron chi connectivity index (χ1n) is 5.15. The highest BCUT2D eigenvalue weighted by Crippen LogP contribution is 2.30. The summed E-state index contributed by atoms with van der Waals surface area (Å²) in [7, 11) is 0. The molecule has 0 radical (unpaired) electrons. The second-order valence-electron chi connectivity index (χ2n) is 3.75. The van der Waals surface area contributed by atoms with Crippen molar-refractivity contribution in [3.05, 3.63) is 26.3 Å². The van der Waals surface area contributed by atoms with Gasteiger partial charge in [-0.2, -0.15) is 0 Å². The van der Waals surface area contributed by atoms with E-state index in [1.807, 2.05) is 0 Å². The van der Waals surface area contributed by atoms with Crippen molar-refractivity contribution in [1.29, 1.82) is 0 Å². The van der Waals surface area contributed by atoms with Crippen LogP contribution in [0.5, 0.6) is 0 Å². The summed E-state index contributed by atoms with van der Waals surface area (Å²) in [6.07, 6.45) is 1.43. The van der Waals surface area contributed by atoms with Crippen LogP contribution in [-0.4, -0.2) is 27.7 Å². The number of anilines is 1. The van der Waals surface area contributed by atoms with Gasteiger partial charge in [0, 0.05) is 12.1 Å². The molecular weight excluding hydrogens is 290 g/mol. The van der Waals surface area contributed by atoms with E-state index in [-0.39, 0.29) is 11.8 Å². The quantitative estimate of drug-likeness (QED) is 0.643. The van der Waals surface area contributed by atoms with Gasteiger partial charge in [0.1, 0.15) is 12.0 Å². The summed E-state index contributed by atoms with van der Waals surface area (Å²) in [5, 5.41) is 22.8. The zero-order valence-electron chi connectivity index (χ0n) is 9.61. The molecule has 7 heteroatoms. The molecule has 6 nitrogen and oxygen atoms in total. The number of pyridine rings is 1. The Morgan fingerprint density at radius 3 is 2.88 bits per heavy atom. The Bertz CT molecular complexity index is 424. The molecule has 0 amide bonds. The molecule has 94 valence electrons. The smallest absolute Gasteiger partial charge is 0.291 e. The molecular formula is C10H14BrN3O3. The lowest BCUT2D eigenvalue weighted by atomic mass is 10.2. The Morgan fingerprint density at radius 1 is 1.71 bits per heavy atom. The van der Waals surface area contributed by atoms with Crippen LogP contribution in [0, 0.1) is 17.0 Å². The lowest BCUT2D eigenvalue weighted by Gasteiger charge is -2.10. The van der Waals surface area contributed by atoms with E-state index < -0.39 is 4.92 Å². The van der Waals surface area contributed by atoms with Crippen LogP contribution in [0.25, 0.3) is 0 Å². The summed E-state index contributed by atoms with van der Waals surface area (Å²) in [6, 6.07) is 0. The molecule has 0 saturated carbocycles. The zero-order valence-corrected chi connectivity index (χ0v) is 11.2. The second kappa shape index (κ2) is 5.92. The fourth-order valence-electron chi connectivity index (χ4n) is 1.28. The van der Waals surface area contributed by atoms with Crippen LogP contribution >= 0.6 is 15.9 Å². The van der Waals surface area contributed by atoms with Crippen LogP contribution in [0.3, 0.4) is 0 Å². The Labute approximate surface area is 107 Å². The molecule has 0 aliphatic heterocycles. The number of aliphatic hydroxyl groups excluding tert-OH is 1. The maximum absolute atomic E-state index is 10.7. The number of rotatable bonds is 5. The molecule has 0 bridgehead atoms. The normalized spacial score (nSPS) is 12.2. The number of aromatic nitrogens is 1. The van der Waals surface area contributed by atoms with Gasteiger partial charge in [0.15, 0.2) is 0 Å². The zero-order chi connectivity index (χ0) is 13.0. The first-order chi connectivity index (χ1) is 7.93. The predicted molar refractivity (Wildman–Crippen MR) is 68.1 cm³/mol. The largest absolute Gasteiger partial charge is 0.393 e. The van der Waals surface area contributed by atoms with Gasteiger partial charge >= 0.3 is 0 Å². The van der Waals surface area contributed by atoms with Crippen molar-refractivity contribution >= 4 is 27.4 Å². The van der Waals surface area contributed by atoms with E-state index in [1.54, 1.807) is 13.8 Å². The van der Waals surface area contributed by atoms with E-state index >= 15 is 0 Å². The van der Waals surface area contributed by atoms with Crippen molar-refractivity contribution in [1.82, 2.24) is 4.98 Å². The molecule has 1 aromatic rings. The molecule has 0 aliphatic carbocycles. The molecule has 0 fully saturated rings. The lowest BCUT2D eigenvalue weighted by molar-refractivity contribution is -0.385. The standard InChI is InChI=1S/C10H14BrN3O3/c1-6(15)3-4-12-10-9(11)7(2)8(5-13-10)14(16)17/h5-6,15H,3-4H2,1-2H3,(H,12,13). The number of nitrogens with one attached hydrogen (secondary N) is 1. The summed E-state index contributed by atoms with van der Waals surface area (Å²) < 4.78 is 0.581. The molecule has 1 atom stereocenters. The van der Waals surface area contributed by atoms with Crippen molar-refractivity contribution < 1.29 is 10.0 Å². The molecule has 0 saturated heterocycles. The van der Waals surface area contributed by atoms with E-state index in [1.165, 1.54) is 6.20 Å². The highest BCUT2D eigenvalue weighted by atomic mass is 79.9. The minimum Gasteiger partial charge on any atom is -0.393 e. The van der Waals surface area contributed by atoms with Gasteiger partial charge in [0.25, 0.3) is 5.69 Å². The van der Waals surface area contributed by atoms with Gasteiger partial charge in [-0.25, -0.2) is 4.98 Å². The van der Waals surface area contributed by atoms with Crippen LogP contribution in [0.1, 0.15) is 18.9 Å². The predicted octanol–water partition coefficient (Wildman–Crippen LogP) is 2.24. The third kappa shape index (κ3) is 3.64. The Hall–Kier alpha value is -1.21. The minimum atomic E-state index is -0.466. The maximum Gasteiger partial charge on any atom is 0.291 e. The van der Waals surface area contributed by atoms with Crippen molar-refractivity contribution in [2.45, 2.75) is 26.4 Å². The van der Waals surface area contributed by atoms with Crippen LogP contribution in [-0.2, 0) is 0 Å². The van der Waals surface area contributed by atoms with Gasteiger partial charge in [-0.1, -0.05) is 0 Å². The summed E-state index contributed by atoms with van der Waals surface area (Å²) in [4.78, 5) is 14.2. The summed E-state index contributed by atoms with van der Waals surface area (Å²) in [6.45, 7) is 3.91. The maximum atomic E-state index is 10.7. The highest BCUT2D eigenvalue weighted by Gasteiger charge is 2.16. The molecule has 0 spiro atoms. The third-order valence-electron chi connectivity index (χ3n) is 2.29. The van der Waals surface area contributed by atoms with Gasteiger partial charge in [0.05, 0.1) is 15.5 Å². The van der Waals surface area contributed by atoms with Gasteiger partial charge < -0.3 is 10.4 Å². The average molecular weight is 304 g/mol. The van der Waals surface area contributed by atoms with E-state index in [0.29, 0.717) is 28.8 Å². The summed E-state index contributed by atoms with van der Waals surface area (Å²) >= 11 is 3.27. The number of hydrogen-bond donors (Lipinski definition) is 2. The van der Waals surface area contributed by atoms with Gasteiger partial charge in [-0.05, 0) is 36.2 Å². The van der Waals surface area contributed by atoms with E-state index in [0.717, 1.165) is 0 Å². The molecule has 1 rings (SSSR count). The highest BCUT2D eigenvalue weighted by molar-refractivity contribution is 9.10. The van der Waals surface area contributed by atoms with Crippen LogP contribution in [0.15, 0.2) is 10.7 Å². The molecule has 1 unspecified atom stereocenters. The fraction of sp³-hybridized carbons (Fsp3) is 0.500. The molecule has 1 heterocycles. The number of hydrogen-bond acceptors (Lipinski definition) is 5. The number of aliphatic hydroxyl groups is 1. The minimum absolute atomic E-state index is 0.0158. The van der Waals surface area contributed by atoms with Crippen LogP contribution in [0.4, 0.5) is 11.5 Å². The SMILES string of the molecule is Cc1c([N+](=O)[O-])cnc(NCCC(C)O)c1Br. The topological polar surface area (TPSA) is 88.3 Å². The van der Waals surface area contributed by atoms with Gasteiger partial charge in [-0.3, -0.25) is 10.1 Å². The molecule has 17 heavy (non-hydrogen) atoms. The molecule has 1 aromatic heterocycles. The second-order valence-corrected chi connectivity index (χ2v) is 4.55. The van der Waals surface area contributed by atoms with Crippen molar-refractivity contribution in [3.8, 4) is 0 Å². The number of halogens is 1. The van der Waals surface area contributed by atoms with Gasteiger partial charge in [-0.15, -0.1) is 0 Å². The third-order valence-corrected chi connectivity index (χ3v) is 3.26. The summed E-state index contributed by atoms with van der Waals surface area (Å²) in [5.41, 5.74) is 0.516. The molecule has 0 aliphatic rings. The average Bonchev–Trinajstić information content (AvgIpc) is 2.23. The van der Waals surface area contributed by atoms with Crippen molar-refractivity contribution in [2.24, 2.45) is 0 Å². The molecule has 2 N–H and O–H groups in total. The van der Waals surface area contributed by atoms with E-state index in [2.05, 4.69) is 26.2 Å². The monoisotopic (exact) mass is 303 g/mol. The lowest BCUT2D eigenvalue weighted by Crippen LogP contribution is -2.11. The van der Waals surface area contributed by atoms with E-state index in [9.17, 15) is 10.1 Å². The number of nitrogens with zero attached hydrogens (tertiary/aromatic N) is 2. The summed E-state index contributed by atoms with van der Waals surface area (Å²) in [5.74, 6) is 0.550. The van der Waals surface area contributed by atoms with Crippen molar-refractivity contribution in [2.75, 3.05) is 11.9 Å². The van der Waals surface area contributed by atoms with Crippen LogP contribution < -0.4 is 5.32 Å². The first kappa shape index (κ1) is 13.9. The first-order valence-corrected chi connectivity index (χ1v) is 5.94. The van der Waals surface area contributed by atoms with Crippen LogP contribution in [0.2, 0.25) is 0 Å². The number of nitro groups is 1.